The van der Waals surface area contributed by atoms with Gasteiger partial charge in [0.15, 0.2) is 11.5 Å². The molecule has 2 N–H and O–H groups in total. The fourth-order valence-corrected chi connectivity index (χ4v) is 3.51. The Bertz CT molecular complexity index is 675. The molecule has 1 aromatic carbocycles. The summed E-state index contributed by atoms with van der Waals surface area (Å²) in [7, 11) is 1.51. The van der Waals surface area contributed by atoms with Gasteiger partial charge in [-0.2, -0.15) is 0 Å². The molecule has 0 spiro atoms. The molecule has 4 nitrogen and oxygen atoms in total. The van der Waals surface area contributed by atoms with E-state index in [9.17, 15) is 9.90 Å². The number of benzene rings is 1. The van der Waals surface area contributed by atoms with Gasteiger partial charge in [-0.25, -0.2) is 0 Å². The minimum Gasteiger partial charge on any atom is -0.504 e. The molecule has 0 aliphatic carbocycles. The molecule has 1 unspecified atom stereocenters. The number of unbranched alkanes of at least 4 members (excludes halogenated alkanes) is 8. The Labute approximate surface area is 190 Å². The lowest BCUT2D eigenvalue weighted by Gasteiger charge is -2.08. The molecule has 0 fully saturated rings. The van der Waals surface area contributed by atoms with Crippen molar-refractivity contribution in [2.24, 2.45) is 5.92 Å². The van der Waals surface area contributed by atoms with E-state index in [-0.39, 0.29) is 11.7 Å². The highest BCUT2D eigenvalue weighted by atomic mass is 16.5. The van der Waals surface area contributed by atoms with Crippen molar-refractivity contribution in [3.05, 3.63) is 23.8 Å². The molecule has 1 amide bonds. The molecule has 0 saturated carbocycles. The van der Waals surface area contributed by atoms with Crippen molar-refractivity contribution in [3.8, 4) is 23.3 Å². The SMILES string of the molecule is CCCCCCC(C)CC#CCCCCCCCC(=O)NCc1ccc(O)c(OC)c1. The van der Waals surface area contributed by atoms with Crippen LogP contribution in [-0.4, -0.2) is 18.1 Å². The average molecular weight is 430 g/mol. The van der Waals surface area contributed by atoms with Crippen LogP contribution in [0.15, 0.2) is 18.2 Å². The number of ether oxygens (including phenoxy) is 1. The summed E-state index contributed by atoms with van der Waals surface area (Å²) < 4.78 is 5.09. The number of phenolic OH excluding ortho intramolecular Hbond substituents is 1. The number of amides is 1. The molecule has 0 aliphatic heterocycles. The van der Waals surface area contributed by atoms with Crippen LogP contribution >= 0.6 is 0 Å². The summed E-state index contributed by atoms with van der Waals surface area (Å²) in [5.74, 6) is 8.02. The standard InChI is InChI=1S/C27H43NO3/c1-4-5-6-13-16-23(2)17-14-11-9-7-8-10-12-15-18-27(30)28-22-24-19-20-25(29)26(21-24)31-3/h19-21,23,29H,4-10,12-13,15-18,22H2,1-3H3,(H,28,30). The van der Waals surface area contributed by atoms with E-state index in [1.807, 2.05) is 0 Å². The quantitative estimate of drug-likeness (QED) is 0.226. The first-order valence-electron chi connectivity index (χ1n) is 12.1. The molecule has 1 atom stereocenters. The number of hydrogen-bond acceptors (Lipinski definition) is 3. The second kappa shape index (κ2) is 17.5. The van der Waals surface area contributed by atoms with Gasteiger partial charge in [-0.05, 0) is 42.9 Å². The summed E-state index contributed by atoms with van der Waals surface area (Å²) >= 11 is 0. The maximum atomic E-state index is 12.0. The highest BCUT2D eigenvalue weighted by Gasteiger charge is 2.05. The van der Waals surface area contributed by atoms with Gasteiger partial charge in [-0.15, -0.1) is 11.8 Å². The zero-order chi connectivity index (χ0) is 22.7. The predicted octanol–water partition coefficient (Wildman–Crippen LogP) is 6.75. The Kier molecular flexibility index (Phi) is 15.2. The Morgan fingerprint density at radius 2 is 1.81 bits per heavy atom. The summed E-state index contributed by atoms with van der Waals surface area (Å²) in [4.78, 5) is 12.0. The number of phenols is 1. The Hall–Kier alpha value is -2.15. The fraction of sp³-hybridized carbons (Fsp3) is 0.667. The van der Waals surface area contributed by atoms with Crippen LogP contribution < -0.4 is 10.1 Å². The van der Waals surface area contributed by atoms with Crippen LogP contribution in [0.25, 0.3) is 0 Å². The van der Waals surface area contributed by atoms with Gasteiger partial charge in [-0.3, -0.25) is 4.79 Å². The smallest absolute Gasteiger partial charge is 0.220 e. The molecule has 1 aromatic rings. The highest BCUT2D eigenvalue weighted by Crippen LogP contribution is 2.26. The van der Waals surface area contributed by atoms with E-state index in [1.165, 1.54) is 45.6 Å². The van der Waals surface area contributed by atoms with Crippen molar-refractivity contribution in [2.75, 3.05) is 7.11 Å². The third kappa shape index (κ3) is 13.7. The third-order valence-electron chi connectivity index (χ3n) is 5.57. The van der Waals surface area contributed by atoms with Gasteiger partial charge in [0.05, 0.1) is 7.11 Å². The van der Waals surface area contributed by atoms with Gasteiger partial charge in [0.1, 0.15) is 0 Å². The van der Waals surface area contributed by atoms with E-state index in [1.54, 1.807) is 18.2 Å². The summed E-state index contributed by atoms with van der Waals surface area (Å²) in [6.07, 6.45) is 14.8. The lowest BCUT2D eigenvalue weighted by atomic mass is 9.99. The highest BCUT2D eigenvalue weighted by molar-refractivity contribution is 5.75. The molecular formula is C27H43NO3. The molecule has 0 heterocycles. The number of carbonyl (C=O) groups is 1. The molecule has 0 radical (unpaired) electrons. The first-order chi connectivity index (χ1) is 15.1. The normalized spacial score (nSPS) is 11.5. The first kappa shape index (κ1) is 26.9. The minimum absolute atomic E-state index is 0.0710. The summed E-state index contributed by atoms with van der Waals surface area (Å²) in [5.41, 5.74) is 0.912. The third-order valence-corrected chi connectivity index (χ3v) is 5.57. The molecule has 31 heavy (non-hydrogen) atoms. The van der Waals surface area contributed by atoms with Crippen LogP contribution in [-0.2, 0) is 11.3 Å². The zero-order valence-corrected chi connectivity index (χ0v) is 20.0. The Morgan fingerprint density at radius 3 is 2.58 bits per heavy atom. The van der Waals surface area contributed by atoms with Gasteiger partial charge in [0.25, 0.3) is 0 Å². The van der Waals surface area contributed by atoms with Crippen molar-refractivity contribution in [2.45, 2.75) is 104 Å². The van der Waals surface area contributed by atoms with Gasteiger partial charge in [0.2, 0.25) is 5.91 Å². The Balaban J connectivity index is 1.99. The van der Waals surface area contributed by atoms with Crippen LogP contribution in [0.2, 0.25) is 0 Å². The van der Waals surface area contributed by atoms with E-state index in [2.05, 4.69) is 31.0 Å². The number of carbonyl (C=O) groups excluding carboxylic acids is 1. The number of hydrogen-bond donors (Lipinski definition) is 2. The minimum atomic E-state index is 0.0710. The maximum absolute atomic E-state index is 12.0. The van der Waals surface area contributed by atoms with Crippen molar-refractivity contribution in [1.82, 2.24) is 5.32 Å². The summed E-state index contributed by atoms with van der Waals surface area (Å²) in [6.45, 7) is 5.02. The fourth-order valence-electron chi connectivity index (χ4n) is 3.51. The lowest BCUT2D eigenvalue weighted by molar-refractivity contribution is -0.121. The molecule has 0 saturated heterocycles. The van der Waals surface area contributed by atoms with Crippen LogP contribution in [0.1, 0.15) is 103 Å². The number of rotatable bonds is 16. The van der Waals surface area contributed by atoms with Crippen molar-refractivity contribution in [1.29, 1.82) is 0 Å². The second-order valence-electron chi connectivity index (χ2n) is 8.56. The van der Waals surface area contributed by atoms with E-state index < -0.39 is 0 Å². The maximum Gasteiger partial charge on any atom is 0.220 e. The zero-order valence-electron chi connectivity index (χ0n) is 20.0. The topological polar surface area (TPSA) is 58.6 Å². The number of nitrogens with one attached hydrogen (secondary N) is 1. The summed E-state index contributed by atoms with van der Waals surface area (Å²) in [6, 6.07) is 5.11. The summed E-state index contributed by atoms with van der Waals surface area (Å²) in [5, 5.41) is 12.5. The molecule has 0 aromatic heterocycles. The lowest BCUT2D eigenvalue weighted by Crippen LogP contribution is -2.22. The van der Waals surface area contributed by atoms with Crippen LogP contribution in [0.4, 0.5) is 0 Å². The molecule has 1 rings (SSSR count). The number of methoxy groups -OCH3 is 1. The Morgan fingerprint density at radius 1 is 1.06 bits per heavy atom. The molecule has 0 bridgehead atoms. The monoisotopic (exact) mass is 429 g/mol. The van der Waals surface area contributed by atoms with E-state index >= 15 is 0 Å². The van der Waals surface area contributed by atoms with Gasteiger partial charge in [0, 0.05) is 25.8 Å². The number of aromatic hydroxyl groups is 1. The van der Waals surface area contributed by atoms with Crippen LogP contribution in [0.3, 0.4) is 0 Å². The van der Waals surface area contributed by atoms with Crippen molar-refractivity contribution in [3.63, 3.8) is 0 Å². The first-order valence-corrected chi connectivity index (χ1v) is 12.1. The van der Waals surface area contributed by atoms with Gasteiger partial charge < -0.3 is 15.2 Å². The van der Waals surface area contributed by atoms with Gasteiger partial charge >= 0.3 is 0 Å². The van der Waals surface area contributed by atoms with E-state index in [4.69, 9.17) is 4.74 Å². The second-order valence-corrected chi connectivity index (χ2v) is 8.56. The largest absolute Gasteiger partial charge is 0.504 e. The molecule has 174 valence electrons. The predicted molar refractivity (Wildman–Crippen MR) is 129 cm³/mol. The average Bonchev–Trinajstić information content (AvgIpc) is 2.77. The molecular weight excluding hydrogens is 386 g/mol. The van der Waals surface area contributed by atoms with Crippen molar-refractivity contribution >= 4 is 5.91 Å². The molecule has 0 aliphatic rings. The van der Waals surface area contributed by atoms with Crippen molar-refractivity contribution < 1.29 is 14.6 Å². The van der Waals surface area contributed by atoms with Crippen LogP contribution in [0.5, 0.6) is 11.5 Å². The van der Waals surface area contributed by atoms with Crippen LogP contribution in [0, 0.1) is 17.8 Å². The van der Waals surface area contributed by atoms with Gasteiger partial charge in [-0.1, -0.05) is 64.9 Å². The van der Waals surface area contributed by atoms with E-state index in [0.29, 0.717) is 18.7 Å². The van der Waals surface area contributed by atoms with E-state index in [0.717, 1.165) is 50.0 Å². The molecule has 4 heteroatoms.